The second-order valence-electron chi connectivity index (χ2n) is 6.99. The van der Waals surface area contributed by atoms with Gasteiger partial charge in [-0.05, 0) is 71.6 Å². The molecule has 0 fully saturated rings. The summed E-state index contributed by atoms with van der Waals surface area (Å²) in [6.45, 7) is 0. The van der Waals surface area contributed by atoms with Crippen LogP contribution in [0.15, 0.2) is 94.7 Å². The highest BCUT2D eigenvalue weighted by molar-refractivity contribution is 7.98. The van der Waals surface area contributed by atoms with Gasteiger partial charge >= 0.3 is 0 Å². The van der Waals surface area contributed by atoms with E-state index in [0.29, 0.717) is 10.7 Å². The zero-order valence-electron chi connectivity index (χ0n) is 17.0. The second kappa shape index (κ2) is 9.24. The summed E-state index contributed by atoms with van der Waals surface area (Å²) < 4.78 is 28.6. The van der Waals surface area contributed by atoms with E-state index in [4.69, 9.17) is 11.6 Å². The minimum Gasteiger partial charge on any atom is -0.322 e. The molecular weight excluding hydrogens is 464 g/mol. The number of sulfonamides is 1. The van der Waals surface area contributed by atoms with Crippen molar-refractivity contribution in [1.82, 2.24) is 0 Å². The molecule has 0 atom stereocenters. The number of rotatable bonds is 6. The summed E-state index contributed by atoms with van der Waals surface area (Å²) in [5.41, 5.74) is 0.854. The molecule has 0 aliphatic rings. The van der Waals surface area contributed by atoms with Gasteiger partial charge in [0.15, 0.2) is 0 Å². The summed E-state index contributed by atoms with van der Waals surface area (Å²) >= 11 is 7.69. The number of carbonyl (C=O) groups excluding carboxylic acids is 1. The van der Waals surface area contributed by atoms with E-state index in [2.05, 4.69) is 10.0 Å². The van der Waals surface area contributed by atoms with Crippen LogP contribution in [0.4, 0.5) is 11.4 Å². The maximum absolute atomic E-state index is 13.1. The van der Waals surface area contributed by atoms with Crippen LogP contribution in [0.5, 0.6) is 0 Å². The Labute approximate surface area is 195 Å². The summed E-state index contributed by atoms with van der Waals surface area (Å²) in [5.74, 6) is -0.472. The third-order valence-electron chi connectivity index (χ3n) is 4.85. The number of thioether (sulfide) groups is 1. The molecule has 0 aromatic heterocycles. The summed E-state index contributed by atoms with van der Waals surface area (Å²) in [7, 11) is -3.93. The molecule has 0 saturated heterocycles. The van der Waals surface area contributed by atoms with Gasteiger partial charge in [-0.1, -0.05) is 41.9 Å². The van der Waals surface area contributed by atoms with E-state index in [1.807, 2.05) is 42.7 Å². The van der Waals surface area contributed by atoms with Gasteiger partial charge in [0.1, 0.15) is 0 Å². The lowest BCUT2D eigenvalue weighted by molar-refractivity contribution is 0.102. The van der Waals surface area contributed by atoms with Crippen molar-refractivity contribution in [2.45, 2.75) is 9.79 Å². The minimum atomic E-state index is -3.93. The van der Waals surface area contributed by atoms with Gasteiger partial charge in [-0.15, -0.1) is 11.8 Å². The number of hydrogen-bond acceptors (Lipinski definition) is 4. The minimum absolute atomic E-state index is 0.102. The van der Waals surface area contributed by atoms with E-state index >= 15 is 0 Å². The van der Waals surface area contributed by atoms with Gasteiger partial charge in [0.05, 0.1) is 16.1 Å². The number of halogens is 1. The van der Waals surface area contributed by atoms with Crippen LogP contribution in [0.2, 0.25) is 5.02 Å². The largest absolute Gasteiger partial charge is 0.322 e. The first-order valence-corrected chi connectivity index (χ1v) is 12.7. The number of amides is 1. The zero-order chi connectivity index (χ0) is 22.7. The van der Waals surface area contributed by atoms with Crippen molar-refractivity contribution >= 4 is 61.4 Å². The molecule has 0 unspecified atom stereocenters. The van der Waals surface area contributed by atoms with Crippen LogP contribution >= 0.6 is 23.4 Å². The van der Waals surface area contributed by atoms with Crippen LogP contribution in [-0.2, 0) is 10.0 Å². The molecule has 0 aliphatic heterocycles. The molecule has 0 saturated carbocycles. The van der Waals surface area contributed by atoms with Crippen LogP contribution in [0, 0.1) is 0 Å². The van der Waals surface area contributed by atoms with E-state index < -0.39 is 15.9 Å². The lowest BCUT2D eigenvalue weighted by Gasteiger charge is -2.14. The fraction of sp³-hybridized carbons (Fsp3) is 0.0417. The Balaban J connectivity index is 1.63. The van der Waals surface area contributed by atoms with Gasteiger partial charge < -0.3 is 5.32 Å². The lowest BCUT2D eigenvalue weighted by Crippen LogP contribution is -2.18. The SMILES string of the molecule is CSc1ccc(NC(=O)c2cc(Cl)ccc2NS(=O)(=O)c2ccc3ccccc3c2)cc1. The predicted molar refractivity (Wildman–Crippen MR) is 132 cm³/mol. The van der Waals surface area contributed by atoms with Gasteiger partial charge in [0.2, 0.25) is 0 Å². The van der Waals surface area contributed by atoms with E-state index in [-0.39, 0.29) is 16.1 Å². The smallest absolute Gasteiger partial charge is 0.261 e. The molecule has 1 amide bonds. The Morgan fingerprint density at radius 2 is 1.59 bits per heavy atom. The molecule has 0 heterocycles. The van der Waals surface area contributed by atoms with Crippen LogP contribution in [0.1, 0.15) is 10.4 Å². The number of anilines is 2. The van der Waals surface area contributed by atoms with Crippen molar-refractivity contribution in [2.24, 2.45) is 0 Å². The first-order chi connectivity index (χ1) is 15.4. The molecule has 162 valence electrons. The summed E-state index contributed by atoms with van der Waals surface area (Å²) in [4.78, 5) is 14.1. The highest BCUT2D eigenvalue weighted by atomic mass is 35.5. The average molecular weight is 483 g/mol. The van der Waals surface area contributed by atoms with Gasteiger partial charge in [-0.3, -0.25) is 9.52 Å². The zero-order valence-corrected chi connectivity index (χ0v) is 19.4. The Hall–Kier alpha value is -3.00. The molecule has 0 aliphatic carbocycles. The van der Waals surface area contributed by atoms with Gasteiger partial charge in [0, 0.05) is 15.6 Å². The lowest BCUT2D eigenvalue weighted by atomic mass is 10.1. The van der Waals surface area contributed by atoms with E-state index in [0.717, 1.165) is 15.7 Å². The van der Waals surface area contributed by atoms with Crippen molar-refractivity contribution < 1.29 is 13.2 Å². The number of carbonyl (C=O) groups is 1. The number of hydrogen-bond donors (Lipinski definition) is 2. The quantitative estimate of drug-likeness (QED) is 0.318. The molecule has 4 rings (SSSR count). The van der Waals surface area contributed by atoms with Crippen molar-refractivity contribution in [1.29, 1.82) is 0 Å². The Bertz CT molecular complexity index is 1400. The maximum Gasteiger partial charge on any atom is 0.261 e. The van der Waals surface area contributed by atoms with E-state index in [9.17, 15) is 13.2 Å². The normalized spacial score (nSPS) is 11.3. The topological polar surface area (TPSA) is 75.3 Å². The highest BCUT2D eigenvalue weighted by Gasteiger charge is 2.20. The highest BCUT2D eigenvalue weighted by Crippen LogP contribution is 2.27. The Morgan fingerprint density at radius 1 is 0.875 bits per heavy atom. The van der Waals surface area contributed by atoms with Crippen LogP contribution < -0.4 is 10.0 Å². The summed E-state index contributed by atoms with van der Waals surface area (Å²) in [6, 6.07) is 24.2. The number of benzene rings is 4. The molecule has 0 bridgehead atoms. The monoisotopic (exact) mass is 482 g/mol. The standard InChI is InChI=1S/C24H19ClN2O3S2/c1-31-20-10-8-19(9-11-20)26-24(28)22-15-18(25)7-13-23(22)27-32(29,30)21-12-6-16-4-2-3-5-17(16)14-21/h2-15,27H,1H3,(H,26,28). The van der Waals surface area contributed by atoms with Gasteiger partial charge in [-0.2, -0.15) is 0 Å². The summed E-state index contributed by atoms with van der Waals surface area (Å²) in [6.07, 6.45) is 1.97. The molecule has 5 nitrogen and oxygen atoms in total. The predicted octanol–water partition coefficient (Wildman–Crippen LogP) is 6.27. The van der Waals surface area contributed by atoms with Crippen molar-refractivity contribution in [3.05, 3.63) is 95.5 Å². The maximum atomic E-state index is 13.1. The molecule has 0 spiro atoms. The molecular formula is C24H19ClN2O3S2. The first kappa shape index (κ1) is 22.2. The van der Waals surface area contributed by atoms with Gasteiger partial charge in [0.25, 0.3) is 15.9 Å². The first-order valence-electron chi connectivity index (χ1n) is 9.62. The van der Waals surface area contributed by atoms with Crippen molar-refractivity contribution in [2.75, 3.05) is 16.3 Å². The third-order valence-corrected chi connectivity index (χ3v) is 7.19. The van der Waals surface area contributed by atoms with Crippen LogP contribution in [0.25, 0.3) is 10.8 Å². The average Bonchev–Trinajstić information content (AvgIpc) is 2.80. The van der Waals surface area contributed by atoms with E-state index in [1.165, 1.54) is 24.3 Å². The number of fused-ring (bicyclic) bond motifs is 1. The molecule has 4 aromatic rings. The van der Waals surface area contributed by atoms with Crippen molar-refractivity contribution in [3.8, 4) is 0 Å². The Morgan fingerprint density at radius 3 is 2.31 bits per heavy atom. The second-order valence-corrected chi connectivity index (χ2v) is 9.99. The van der Waals surface area contributed by atoms with Crippen LogP contribution in [-0.4, -0.2) is 20.6 Å². The van der Waals surface area contributed by atoms with Gasteiger partial charge in [-0.25, -0.2) is 8.42 Å². The Kier molecular flexibility index (Phi) is 6.41. The van der Waals surface area contributed by atoms with E-state index in [1.54, 1.807) is 36.0 Å². The molecule has 32 heavy (non-hydrogen) atoms. The fourth-order valence-electron chi connectivity index (χ4n) is 3.20. The summed E-state index contributed by atoms with van der Waals surface area (Å²) in [5, 5.41) is 4.85. The molecule has 8 heteroatoms. The molecule has 2 N–H and O–H groups in total. The van der Waals surface area contributed by atoms with Crippen LogP contribution in [0.3, 0.4) is 0 Å². The third kappa shape index (κ3) is 4.91. The molecule has 0 radical (unpaired) electrons. The fourth-order valence-corrected chi connectivity index (χ4v) is 4.90. The molecule has 4 aromatic carbocycles. The number of nitrogens with one attached hydrogen (secondary N) is 2. The van der Waals surface area contributed by atoms with Crippen molar-refractivity contribution in [3.63, 3.8) is 0 Å².